The van der Waals surface area contributed by atoms with Crippen molar-refractivity contribution < 1.29 is 0 Å². The van der Waals surface area contributed by atoms with E-state index in [4.69, 9.17) is 5.84 Å². The second-order valence-electron chi connectivity index (χ2n) is 4.85. The molecule has 0 aliphatic heterocycles. The van der Waals surface area contributed by atoms with Crippen LogP contribution in [0.3, 0.4) is 0 Å². The Bertz CT molecular complexity index is 547. The molecule has 3 N–H and O–H groups in total. The molecule has 2 rings (SSSR count). The fraction of sp³-hybridized carbons (Fsp3) is 0.615. The number of rotatable bonds is 7. The van der Waals surface area contributed by atoms with E-state index < -0.39 is 0 Å². The third-order valence-electron chi connectivity index (χ3n) is 3.29. The minimum atomic E-state index is 0.0398. The Hall–Kier alpha value is -1.31. The summed E-state index contributed by atoms with van der Waals surface area (Å²) in [4.78, 5) is 1.14. The molecule has 1 unspecified atom stereocenters. The molecule has 7 heteroatoms. The number of nitrogens with one attached hydrogen (secondary N) is 1. The zero-order chi connectivity index (χ0) is 14.5. The summed E-state index contributed by atoms with van der Waals surface area (Å²) in [5.74, 6) is 5.75. The normalized spacial score (nSPS) is 12.8. The molecular formula is C13H22N6S. The van der Waals surface area contributed by atoms with Gasteiger partial charge in [0, 0.05) is 18.7 Å². The van der Waals surface area contributed by atoms with Crippen LogP contribution < -0.4 is 11.3 Å². The monoisotopic (exact) mass is 294 g/mol. The fourth-order valence-corrected chi connectivity index (χ4v) is 3.12. The first-order valence-electron chi connectivity index (χ1n) is 7.00. The van der Waals surface area contributed by atoms with Crippen molar-refractivity contribution in [1.82, 2.24) is 24.8 Å². The lowest BCUT2D eigenvalue weighted by Gasteiger charge is -2.15. The van der Waals surface area contributed by atoms with E-state index in [2.05, 4.69) is 40.0 Å². The Balaban J connectivity index is 2.21. The van der Waals surface area contributed by atoms with Crippen LogP contribution in [0.4, 0.5) is 0 Å². The zero-order valence-electron chi connectivity index (χ0n) is 12.3. The van der Waals surface area contributed by atoms with E-state index in [0.717, 1.165) is 42.1 Å². The predicted octanol–water partition coefficient (Wildman–Crippen LogP) is 1.76. The van der Waals surface area contributed by atoms with Gasteiger partial charge in [0.2, 0.25) is 0 Å². The van der Waals surface area contributed by atoms with Gasteiger partial charge in [-0.15, -0.1) is 5.10 Å². The van der Waals surface area contributed by atoms with Gasteiger partial charge in [0.1, 0.15) is 0 Å². The third kappa shape index (κ3) is 3.23. The molecule has 110 valence electrons. The molecule has 20 heavy (non-hydrogen) atoms. The highest BCUT2D eigenvalue weighted by atomic mass is 32.1. The molecule has 1 atom stereocenters. The van der Waals surface area contributed by atoms with Crippen LogP contribution >= 0.6 is 11.5 Å². The number of nitrogens with two attached hydrogens (primary N) is 1. The first-order valence-corrected chi connectivity index (χ1v) is 7.77. The SMILES string of the molecule is CCCc1nnsc1C(Cc1cc(C)nn1CC)NN. The highest BCUT2D eigenvalue weighted by Gasteiger charge is 2.20. The maximum atomic E-state index is 5.75. The molecule has 0 radical (unpaired) electrons. The molecular weight excluding hydrogens is 272 g/mol. The quantitative estimate of drug-likeness (QED) is 0.601. The molecule has 2 heterocycles. The van der Waals surface area contributed by atoms with Gasteiger partial charge in [-0.05, 0) is 37.9 Å². The van der Waals surface area contributed by atoms with Crippen LogP contribution in [0.25, 0.3) is 0 Å². The molecule has 0 fully saturated rings. The van der Waals surface area contributed by atoms with Gasteiger partial charge in [0.25, 0.3) is 0 Å². The molecule has 0 bridgehead atoms. The van der Waals surface area contributed by atoms with Crippen molar-refractivity contribution in [2.45, 2.75) is 52.6 Å². The third-order valence-corrected chi connectivity index (χ3v) is 4.17. The van der Waals surface area contributed by atoms with Crippen LogP contribution in [0.2, 0.25) is 0 Å². The molecule has 0 saturated carbocycles. The van der Waals surface area contributed by atoms with E-state index in [1.54, 1.807) is 0 Å². The average molecular weight is 294 g/mol. The minimum Gasteiger partial charge on any atom is -0.271 e. The van der Waals surface area contributed by atoms with Crippen molar-refractivity contribution in [3.63, 3.8) is 0 Å². The predicted molar refractivity (Wildman–Crippen MR) is 80.3 cm³/mol. The van der Waals surface area contributed by atoms with Crippen LogP contribution in [0.15, 0.2) is 6.07 Å². The Morgan fingerprint density at radius 3 is 2.90 bits per heavy atom. The molecule has 0 aromatic carbocycles. The van der Waals surface area contributed by atoms with Gasteiger partial charge in [0.05, 0.1) is 22.3 Å². The Morgan fingerprint density at radius 1 is 1.45 bits per heavy atom. The number of hydrogen-bond donors (Lipinski definition) is 2. The summed E-state index contributed by atoms with van der Waals surface area (Å²) < 4.78 is 6.09. The van der Waals surface area contributed by atoms with E-state index in [-0.39, 0.29) is 6.04 Å². The number of aryl methyl sites for hydroxylation is 3. The highest BCUT2D eigenvalue weighted by Crippen LogP contribution is 2.24. The van der Waals surface area contributed by atoms with Crippen LogP contribution in [-0.2, 0) is 19.4 Å². The first kappa shape index (κ1) is 15.1. The van der Waals surface area contributed by atoms with Crippen LogP contribution in [-0.4, -0.2) is 19.4 Å². The lowest BCUT2D eigenvalue weighted by molar-refractivity contribution is 0.519. The summed E-state index contributed by atoms with van der Waals surface area (Å²) in [6.45, 7) is 7.11. The smallest absolute Gasteiger partial charge is 0.0804 e. The fourth-order valence-electron chi connectivity index (χ4n) is 2.36. The molecule has 0 aliphatic carbocycles. The Kier molecular flexibility index (Phi) is 5.22. The maximum Gasteiger partial charge on any atom is 0.0804 e. The summed E-state index contributed by atoms with van der Waals surface area (Å²) in [6, 6.07) is 2.15. The molecule has 2 aromatic heterocycles. The molecule has 0 aliphatic rings. The number of hydrogen-bond acceptors (Lipinski definition) is 6. The summed E-state index contributed by atoms with van der Waals surface area (Å²) in [5.41, 5.74) is 6.18. The average Bonchev–Trinajstić information content (AvgIpc) is 3.03. The van der Waals surface area contributed by atoms with E-state index >= 15 is 0 Å². The number of aromatic nitrogens is 4. The Morgan fingerprint density at radius 2 is 2.25 bits per heavy atom. The van der Waals surface area contributed by atoms with E-state index in [9.17, 15) is 0 Å². The summed E-state index contributed by atoms with van der Waals surface area (Å²) in [7, 11) is 0. The second-order valence-corrected chi connectivity index (χ2v) is 5.64. The van der Waals surface area contributed by atoms with Crippen LogP contribution in [0.5, 0.6) is 0 Å². The topological polar surface area (TPSA) is 81.7 Å². The Labute approximate surface area is 123 Å². The molecule has 2 aromatic rings. The maximum absolute atomic E-state index is 5.75. The molecule has 0 amide bonds. The lowest BCUT2D eigenvalue weighted by atomic mass is 10.1. The van der Waals surface area contributed by atoms with E-state index in [1.165, 1.54) is 17.2 Å². The van der Waals surface area contributed by atoms with E-state index in [0.29, 0.717) is 0 Å². The highest BCUT2D eigenvalue weighted by molar-refractivity contribution is 7.05. The number of nitrogens with zero attached hydrogens (tertiary/aromatic N) is 4. The van der Waals surface area contributed by atoms with Crippen molar-refractivity contribution in [2.24, 2.45) is 5.84 Å². The van der Waals surface area contributed by atoms with Gasteiger partial charge in [-0.2, -0.15) is 5.10 Å². The second kappa shape index (κ2) is 6.92. The van der Waals surface area contributed by atoms with Crippen molar-refractivity contribution in [3.8, 4) is 0 Å². The minimum absolute atomic E-state index is 0.0398. The van der Waals surface area contributed by atoms with Crippen molar-refractivity contribution >= 4 is 11.5 Å². The van der Waals surface area contributed by atoms with Crippen molar-refractivity contribution in [3.05, 3.63) is 28.0 Å². The zero-order valence-corrected chi connectivity index (χ0v) is 13.1. The van der Waals surface area contributed by atoms with Gasteiger partial charge in [0.15, 0.2) is 0 Å². The van der Waals surface area contributed by atoms with Gasteiger partial charge in [-0.1, -0.05) is 17.8 Å². The summed E-state index contributed by atoms with van der Waals surface area (Å²) in [5, 5.41) is 8.69. The summed E-state index contributed by atoms with van der Waals surface area (Å²) in [6.07, 6.45) is 2.80. The van der Waals surface area contributed by atoms with Gasteiger partial charge in [-0.25, -0.2) is 0 Å². The van der Waals surface area contributed by atoms with Crippen LogP contribution in [0, 0.1) is 6.92 Å². The van der Waals surface area contributed by atoms with Gasteiger partial charge < -0.3 is 0 Å². The van der Waals surface area contributed by atoms with Gasteiger partial charge in [-0.3, -0.25) is 16.0 Å². The largest absolute Gasteiger partial charge is 0.271 e. The lowest BCUT2D eigenvalue weighted by Crippen LogP contribution is -2.30. The first-order chi connectivity index (χ1) is 9.69. The molecule has 0 spiro atoms. The van der Waals surface area contributed by atoms with Gasteiger partial charge >= 0.3 is 0 Å². The molecule has 0 saturated heterocycles. The van der Waals surface area contributed by atoms with E-state index in [1.807, 2.05) is 11.6 Å². The number of hydrazine groups is 1. The standard InChI is InChI=1S/C13H22N6S/c1-4-6-11-13(20-18-16-11)12(15-14)8-10-7-9(3)17-19(10)5-2/h7,12,15H,4-6,8,14H2,1-3H3. The molecule has 6 nitrogen and oxygen atoms in total. The summed E-state index contributed by atoms with van der Waals surface area (Å²) >= 11 is 1.43. The van der Waals surface area contributed by atoms with Crippen LogP contribution in [0.1, 0.15) is 48.3 Å². The van der Waals surface area contributed by atoms with Crippen molar-refractivity contribution in [2.75, 3.05) is 0 Å². The van der Waals surface area contributed by atoms with Crippen molar-refractivity contribution in [1.29, 1.82) is 0 Å².